The molecule has 0 aromatic carbocycles. The van der Waals surface area contributed by atoms with Crippen LogP contribution in [0.3, 0.4) is 0 Å². The molecule has 0 unspecified atom stereocenters. The van der Waals surface area contributed by atoms with Gasteiger partial charge in [0, 0.05) is 11.2 Å². The molecule has 1 aliphatic carbocycles. The Bertz CT molecular complexity index is 774. The zero-order valence-corrected chi connectivity index (χ0v) is 15.8. The van der Waals surface area contributed by atoms with Gasteiger partial charge < -0.3 is 9.31 Å². The van der Waals surface area contributed by atoms with E-state index in [0.717, 1.165) is 36.9 Å². The molecule has 0 spiro atoms. The van der Waals surface area contributed by atoms with E-state index in [1.807, 2.05) is 27.7 Å². The molecule has 0 amide bonds. The fraction of sp³-hybridized carbons (Fsp3) is 0.688. The summed E-state index contributed by atoms with van der Waals surface area (Å²) in [6.45, 7) is 9.48. The number of primary sulfonamides is 1. The summed E-state index contributed by atoms with van der Waals surface area (Å²) in [5.41, 5.74) is 1.74. The van der Waals surface area contributed by atoms with E-state index in [-0.39, 0.29) is 4.90 Å². The molecule has 2 aliphatic rings. The molecule has 0 radical (unpaired) electrons. The first kappa shape index (κ1) is 17.9. The van der Waals surface area contributed by atoms with E-state index >= 15 is 0 Å². The molecule has 8 heteroatoms. The molecule has 0 atom stereocenters. The van der Waals surface area contributed by atoms with Crippen LogP contribution in [0, 0.1) is 6.92 Å². The predicted molar refractivity (Wildman–Crippen MR) is 92.7 cm³/mol. The Morgan fingerprint density at radius 3 is 2.17 bits per heavy atom. The van der Waals surface area contributed by atoms with E-state index in [2.05, 4.69) is 4.98 Å². The highest BCUT2D eigenvalue weighted by molar-refractivity contribution is 7.89. The summed E-state index contributed by atoms with van der Waals surface area (Å²) in [4.78, 5) is 4.57. The van der Waals surface area contributed by atoms with Crippen molar-refractivity contribution in [3.05, 3.63) is 17.0 Å². The number of fused-ring (bicyclic) bond motifs is 1. The highest BCUT2D eigenvalue weighted by atomic mass is 32.2. The van der Waals surface area contributed by atoms with Crippen LogP contribution in [0.2, 0.25) is 0 Å². The van der Waals surface area contributed by atoms with Crippen molar-refractivity contribution >= 4 is 22.6 Å². The van der Waals surface area contributed by atoms with Gasteiger partial charge in [-0.3, -0.25) is 4.98 Å². The third kappa shape index (κ3) is 2.79. The summed E-state index contributed by atoms with van der Waals surface area (Å²) >= 11 is 0. The molecule has 2 N–H and O–H groups in total. The van der Waals surface area contributed by atoms with E-state index in [4.69, 9.17) is 14.4 Å². The van der Waals surface area contributed by atoms with Crippen LogP contribution in [-0.4, -0.2) is 31.7 Å². The number of sulfonamides is 1. The van der Waals surface area contributed by atoms with Gasteiger partial charge in [0.05, 0.1) is 16.9 Å². The zero-order valence-electron chi connectivity index (χ0n) is 15.0. The zero-order chi connectivity index (χ0) is 17.9. The topological polar surface area (TPSA) is 91.5 Å². The SMILES string of the molecule is Cc1nc2c(c(B3OC(C)(C)C(C)(C)O3)c1S(N)(=O)=O)CCCC2. The maximum absolute atomic E-state index is 12.3. The van der Waals surface area contributed by atoms with Crippen LogP contribution in [0.4, 0.5) is 0 Å². The monoisotopic (exact) mass is 352 g/mol. The summed E-state index contributed by atoms with van der Waals surface area (Å²) < 4.78 is 36.8. The van der Waals surface area contributed by atoms with Gasteiger partial charge >= 0.3 is 7.12 Å². The van der Waals surface area contributed by atoms with Gasteiger partial charge in [0.25, 0.3) is 0 Å². The van der Waals surface area contributed by atoms with Crippen LogP contribution < -0.4 is 10.6 Å². The Morgan fingerprint density at radius 1 is 1.08 bits per heavy atom. The standard InChI is InChI=1S/C16H25BN2O4S/c1-10-14(24(18,20)21)13(11-8-6-7-9-12(11)19-10)17-22-15(2,3)16(4,5)23-17/h6-9H2,1-5H3,(H2,18,20,21). The highest BCUT2D eigenvalue weighted by Crippen LogP contribution is 2.38. The highest BCUT2D eigenvalue weighted by Gasteiger charge is 2.53. The van der Waals surface area contributed by atoms with Crippen molar-refractivity contribution in [2.45, 2.75) is 76.4 Å². The number of rotatable bonds is 2. The van der Waals surface area contributed by atoms with Crippen LogP contribution in [0.25, 0.3) is 0 Å². The molecule has 1 fully saturated rings. The minimum absolute atomic E-state index is 0.0571. The summed E-state index contributed by atoms with van der Waals surface area (Å²) in [5, 5.41) is 5.52. The largest absolute Gasteiger partial charge is 0.496 e. The second kappa shape index (κ2) is 5.52. The molecule has 132 valence electrons. The van der Waals surface area contributed by atoms with Crippen molar-refractivity contribution in [2.24, 2.45) is 5.14 Å². The van der Waals surface area contributed by atoms with Crippen molar-refractivity contribution in [2.75, 3.05) is 0 Å². The summed E-state index contributed by atoms with van der Waals surface area (Å²) in [5.74, 6) is 0. The van der Waals surface area contributed by atoms with Crippen molar-refractivity contribution in [1.82, 2.24) is 4.98 Å². The van der Waals surface area contributed by atoms with Gasteiger partial charge in [0.15, 0.2) is 0 Å². The van der Waals surface area contributed by atoms with Crippen LogP contribution in [0.5, 0.6) is 0 Å². The van der Waals surface area contributed by atoms with Gasteiger partial charge in [-0.15, -0.1) is 0 Å². The molecular formula is C16H25BN2O4S. The number of aromatic nitrogens is 1. The number of hydrogen-bond donors (Lipinski definition) is 1. The molecule has 0 saturated carbocycles. The van der Waals surface area contributed by atoms with E-state index in [1.165, 1.54) is 0 Å². The molecule has 1 aliphatic heterocycles. The maximum atomic E-state index is 12.3. The molecule has 0 bridgehead atoms. The number of nitrogens with zero attached hydrogens (tertiary/aromatic N) is 1. The van der Waals surface area contributed by atoms with Gasteiger partial charge in [-0.2, -0.15) is 0 Å². The van der Waals surface area contributed by atoms with Crippen molar-refractivity contribution in [1.29, 1.82) is 0 Å². The normalized spacial score (nSPS) is 22.5. The van der Waals surface area contributed by atoms with Crippen LogP contribution in [0.15, 0.2) is 4.90 Å². The number of nitrogens with two attached hydrogens (primary N) is 1. The average molecular weight is 352 g/mol. The van der Waals surface area contributed by atoms with Gasteiger partial charge in [0.1, 0.15) is 4.90 Å². The smallest absolute Gasteiger partial charge is 0.399 e. The molecule has 3 rings (SSSR count). The summed E-state index contributed by atoms with van der Waals surface area (Å²) in [6, 6.07) is 0. The van der Waals surface area contributed by atoms with Gasteiger partial charge in [-0.1, -0.05) is 0 Å². The van der Waals surface area contributed by atoms with Crippen molar-refractivity contribution in [3.8, 4) is 0 Å². The molecule has 1 aromatic rings. The molecule has 2 heterocycles. The van der Waals surface area contributed by atoms with Crippen molar-refractivity contribution in [3.63, 3.8) is 0 Å². The lowest BCUT2D eigenvalue weighted by Crippen LogP contribution is -2.43. The predicted octanol–water partition coefficient (Wildman–Crippen LogP) is 1.22. The average Bonchev–Trinajstić information content (AvgIpc) is 2.64. The quantitative estimate of drug-likeness (QED) is 0.808. The van der Waals surface area contributed by atoms with Crippen LogP contribution in [-0.2, 0) is 32.2 Å². The van der Waals surface area contributed by atoms with Gasteiger partial charge in [-0.05, 0) is 65.9 Å². The lowest BCUT2D eigenvalue weighted by atomic mass is 9.72. The molecule has 1 saturated heterocycles. The number of pyridine rings is 1. The Labute approximate surface area is 144 Å². The lowest BCUT2D eigenvalue weighted by Gasteiger charge is -2.32. The molecule has 1 aromatic heterocycles. The fourth-order valence-electron chi connectivity index (χ4n) is 3.46. The lowest BCUT2D eigenvalue weighted by molar-refractivity contribution is 0.00578. The van der Waals surface area contributed by atoms with Gasteiger partial charge in [0.2, 0.25) is 10.0 Å². The third-order valence-electron chi connectivity index (χ3n) is 5.41. The Balaban J connectivity index is 2.25. The van der Waals surface area contributed by atoms with E-state index in [0.29, 0.717) is 11.2 Å². The van der Waals surface area contributed by atoms with Gasteiger partial charge in [-0.25, -0.2) is 13.6 Å². The first-order valence-corrected chi connectivity index (χ1v) is 9.89. The molecular weight excluding hydrogens is 327 g/mol. The van der Waals surface area contributed by atoms with E-state index < -0.39 is 28.3 Å². The number of hydrogen-bond acceptors (Lipinski definition) is 5. The Morgan fingerprint density at radius 2 is 1.62 bits per heavy atom. The first-order valence-electron chi connectivity index (χ1n) is 8.35. The maximum Gasteiger partial charge on any atom is 0.496 e. The second-order valence-electron chi connectivity index (χ2n) is 7.71. The van der Waals surface area contributed by atoms with E-state index in [9.17, 15) is 8.42 Å². The van der Waals surface area contributed by atoms with E-state index in [1.54, 1.807) is 6.92 Å². The third-order valence-corrected chi connectivity index (χ3v) is 6.50. The minimum atomic E-state index is -3.93. The fourth-order valence-corrected chi connectivity index (χ4v) is 4.44. The second-order valence-corrected chi connectivity index (χ2v) is 9.20. The van der Waals surface area contributed by atoms with Crippen molar-refractivity contribution < 1.29 is 17.7 Å². The first-order chi connectivity index (χ1) is 10.9. The van der Waals surface area contributed by atoms with Crippen LogP contribution in [0.1, 0.15) is 57.5 Å². The summed E-state index contributed by atoms with van der Waals surface area (Å²) in [7, 11) is -4.68. The number of aryl methyl sites for hydroxylation is 2. The molecule has 24 heavy (non-hydrogen) atoms. The Kier molecular flexibility index (Phi) is 4.11. The van der Waals surface area contributed by atoms with Crippen LogP contribution >= 0.6 is 0 Å². The Hall–Kier alpha value is -0.955. The minimum Gasteiger partial charge on any atom is -0.399 e. The summed E-state index contributed by atoms with van der Waals surface area (Å²) in [6.07, 6.45) is 3.66. The molecule has 6 nitrogen and oxygen atoms in total.